The first-order valence-electron chi connectivity index (χ1n) is 13.1. The lowest BCUT2D eigenvalue weighted by Crippen LogP contribution is -2.38. The number of nitrogens with one attached hydrogen (secondary N) is 1. The highest BCUT2D eigenvalue weighted by Gasteiger charge is 2.41. The van der Waals surface area contributed by atoms with Crippen LogP contribution in [0.1, 0.15) is 47.3 Å². The van der Waals surface area contributed by atoms with Gasteiger partial charge in [-0.2, -0.15) is 8.78 Å². The van der Waals surface area contributed by atoms with E-state index < -0.39 is 66.2 Å². The molecule has 1 fully saturated rings. The van der Waals surface area contributed by atoms with Crippen LogP contribution < -0.4 is 14.3 Å². The van der Waals surface area contributed by atoms with Gasteiger partial charge in [0, 0.05) is 4.70 Å². The number of rotatable bonds is 10. The van der Waals surface area contributed by atoms with Crippen LogP contribution >= 0.6 is 18.9 Å². The summed E-state index contributed by atoms with van der Waals surface area (Å²) in [5.74, 6) is -17.9. The molecule has 0 amide bonds. The molecule has 1 aliphatic rings. The van der Waals surface area contributed by atoms with Crippen molar-refractivity contribution in [3.05, 3.63) is 94.1 Å². The molecule has 0 aliphatic heterocycles. The van der Waals surface area contributed by atoms with Crippen molar-refractivity contribution in [1.29, 1.82) is 0 Å². The summed E-state index contributed by atoms with van der Waals surface area (Å²) in [6, 6.07) is 11.5. The van der Waals surface area contributed by atoms with Crippen LogP contribution in [0.2, 0.25) is 0 Å². The van der Waals surface area contributed by atoms with Crippen LogP contribution in [0.5, 0.6) is 11.5 Å². The number of halogens is 6. The van der Waals surface area contributed by atoms with E-state index in [1.165, 1.54) is 37.3 Å². The van der Waals surface area contributed by atoms with Gasteiger partial charge in [-0.3, -0.25) is 9.36 Å². The molecule has 1 N–H and O–H groups in total. The van der Waals surface area contributed by atoms with Gasteiger partial charge in [-0.15, -0.1) is 11.3 Å². The molecule has 232 valence electrons. The second kappa shape index (κ2) is 12.6. The number of carbonyl (C=O) groups is 2. The molecule has 4 aromatic rings. The summed E-state index contributed by atoms with van der Waals surface area (Å²) in [6.07, 6.45) is 2.03. The molecule has 0 radical (unpaired) electrons. The lowest BCUT2D eigenvalue weighted by Gasteiger charge is -2.29. The fourth-order valence-electron chi connectivity index (χ4n) is 4.18. The molecule has 3 atom stereocenters. The molecule has 1 aliphatic carbocycles. The van der Waals surface area contributed by atoms with Gasteiger partial charge in [-0.25, -0.2) is 27.4 Å². The molecule has 1 aromatic heterocycles. The third-order valence-electron chi connectivity index (χ3n) is 6.73. The highest BCUT2D eigenvalue weighted by Crippen LogP contribution is 2.58. The molecule has 1 saturated carbocycles. The number of para-hydroxylation sites is 1. The minimum atomic E-state index is -4.55. The van der Waals surface area contributed by atoms with Crippen LogP contribution in [0, 0.1) is 29.1 Å². The maximum atomic E-state index is 16.1. The molecule has 1 heterocycles. The zero-order valence-electron chi connectivity index (χ0n) is 22.6. The van der Waals surface area contributed by atoms with E-state index in [1.54, 1.807) is 18.2 Å². The molecule has 0 spiro atoms. The summed E-state index contributed by atoms with van der Waals surface area (Å²) >= 11 is 0.726. The van der Waals surface area contributed by atoms with Crippen molar-refractivity contribution in [1.82, 2.24) is 5.09 Å². The third kappa shape index (κ3) is 6.33. The Labute approximate surface area is 250 Å². The van der Waals surface area contributed by atoms with Crippen molar-refractivity contribution in [3.8, 4) is 11.5 Å². The fraction of sp³-hybridized carbons (Fsp3) is 0.241. The van der Waals surface area contributed by atoms with Gasteiger partial charge in [-0.05, 0) is 67.5 Å². The van der Waals surface area contributed by atoms with Gasteiger partial charge in [0.2, 0.25) is 40.7 Å². The quantitative estimate of drug-likeness (QED) is 0.0460. The summed E-state index contributed by atoms with van der Waals surface area (Å²) in [5.41, 5.74) is -0.179. The predicted octanol–water partition coefficient (Wildman–Crippen LogP) is 8.13. The van der Waals surface area contributed by atoms with E-state index in [0.717, 1.165) is 23.8 Å². The van der Waals surface area contributed by atoms with Crippen LogP contribution in [0.25, 0.3) is 10.1 Å². The number of thiophene rings is 1. The Hall–Kier alpha value is -3.87. The summed E-state index contributed by atoms with van der Waals surface area (Å²) in [5, 5.41) is 2.67. The minimum absolute atomic E-state index is 0.0558. The minimum Gasteiger partial charge on any atom is -0.461 e. The number of alkyl halides is 1. The summed E-state index contributed by atoms with van der Waals surface area (Å²) in [4.78, 5) is 24.8. The van der Waals surface area contributed by atoms with Gasteiger partial charge in [0.05, 0.1) is 0 Å². The van der Waals surface area contributed by atoms with Crippen molar-refractivity contribution >= 4 is 40.9 Å². The Morgan fingerprint density at radius 2 is 1.57 bits per heavy atom. The monoisotopic (exact) mass is 657 g/mol. The van der Waals surface area contributed by atoms with Gasteiger partial charge in [-0.1, -0.05) is 24.3 Å². The van der Waals surface area contributed by atoms with Crippen LogP contribution in [0.15, 0.2) is 54.6 Å². The average molecular weight is 658 g/mol. The first-order valence-corrected chi connectivity index (χ1v) is 15.6. The van der Waals surface area contributed by atoms with Gasteiger partial charge < -0.3 is 14.0 Å². The van der Waals surface area contributed by atoms with Crippen molar-refractivity contribution < 1.29 is 54.5 Å². The van der Waals surface area contributed by atoms with Crippen LogP contribution in [-0.2, 0) is 14.1 Å². The number of esters is 2. The summed E-state index contributed by atoms with van der Waals surface area (Å²) in [6.45, 7) is 1.36. The average Bonchev–Trinajstić information content (AvgIpc) is 3.42. The maximum absolute atomic E-state index is 16.1. The number of hydrogen-bond donors (Lipinski definition) is 1. The third-order valence-corrected chi connectivity index (χ3v) is 9.95. The first-order chi connectivity index (χ1) is 20.9. The van der Waals surface area contributed by atoms with Gasteiger partial charge >= 0.3 is 19.5 Å². The second-order valence-corrected chi connectivity index (χ2v) is 13.0. The van der Waals surface area contributed by atoms with E-state index in [2.05, 4.69) is 9.82 Å². The molecular formula is C29H22F6NO6PS. The molecule has 0 bridgehead atoms. The lowest BCUT2D eigenvalue weighted by atomic mass is 9.96. The number of benzene rings is 3. The largest absolute Gasteiger partial charge is 0.461 e. The second-order valence-electron chi connectivity index (χ2n) is 9.87. The maximum Gasteiger partial charge on any atom is 0.355 e. The molecule has 7 nitrogen and oxygen atoms in total. The summed E-state index contributed by atoms with van der Waals surface area (Å²) in [7, 11) is -4.55. The fourth-order valence-corrected chi connectivity index (χ4v) is 7.01. The SMILES string of the molecule is C[C@H](N[P@](=O)(Oc1ccccc1)[C@@H](F)c1ccc2sc(C(=O)Oc3c(F)c(F)c(F)c(F)c3F)cc2c1)C(=O)OC1CCC1. The smallest absolute Gasteiger partial charge is 0.355 e. The van der Waals surface area contributed by atoms with E-state index in [-0.39, 0.29) is 27.7 Å². The Morgan fingerprint density at radius 1 is 0.932 bits per heavy atom. The Bertz CT molecular complexity index is 1750. The van der Waals surface area contributed by atoms with Crippen molar-refractivity contribution in [2.75, 3.05) is 0 Å². The normalized spacial score (nSPS) is 16.1. The van der Waals surface area contributed by atoms with Crippen molar-refractivity contribution in [3.63, 3.8) is 0 Å². The van der Waals surface area contributed by atoms with Crippen LogP contribution in [-0.4, -0.2) is 24.1 Å². The molecule has 0 unspecified atom stereocenters. The van der Waals surface area contributed by atoms with Crippen LogP contribution in [0.4, 0.5) is 26.3 Å². The Kier molecular flexibility index (Phi) is 9.05. The van der Waals surface area contributed by atoms with Crippen molar-refractivity contribution in [2.24, 2.45) is 0 Å². The van der Waals surface area contributed by atoms with Gasteiger partial charge in [0.25, 0.3) is 0 Å². The predicted molar refractivity (Wildman–Crippen MR) is 148 cm³/mol. The highest BCUT2D eigenvalue weighted by atomic mass is 32.1. The molecule has 44 heavy (non-hydrogen) atoms. The van der Waals surface area contributed by atoms with E-state index >= 15 is 4.39 Å². The number of ether oxygens (including phenoxy) is 2. The number of hydrogen-bond acceptors (Lipinski definition) is 7. The van der Waals surface area contributed by atoms with Crippen LogP contribution in [0.3, 0.4) is 0 Å². The van der Waals surface area contributed by atoms with Gasteiger partial charge in [0.15, 0.2) is 0 Å². The Balaban J connectivity index is 1.41. The molecule has 15 heteroatoms. The highest BCUT2D eigenvalue weighted by molar-refractivity contribution is 7.57. The van der Waals surface area contributed by atoms with Crippen molar-refractivity contribution in [2.45, 2.75) is 44.2 Å². The summed E-state index contributed by atoms with van der Waals surface area (Å²) < 4.78 is 114. The Morgan fingerprint density at radius 3 is 2.18 bits per heavy atom. The number of fused-ring (bicyclic) bond motifs is 1. The molecule has 5 rings (SSSR count). The number of carbonyl (C=O) groups excluding carboxylic acids is 2. The topological polar surface area (TPSA) is 90.9 Å². The van der Waals surface area contributed by atoms with E-state index in [1.807, 2.05) is 0 Å². The zero-order valence-corrected chi connectivity index (χ0v) is 24.3. The zero-order chi connectivity index (χ0) is 31.8. The standard InChI is InChI=1S/C29H22F6NO6PS/c1-14(28(37)40-17-8-5-9-17)36-43(39,42-18-6-3-2-4-7-18)27(35)15-10-11-19-16(12-15)13-20(44-19)29(38)41-26-24(33)22(31)21(30)23(32)25(26)34/h2-4,6-7,10-14,17,27H,5,8-9H2,1H3,(H,36,39)/t14-,27+,43+/m0/s1. The van der Waals surface area contributed by atoms with E-state index in [9.17, 15) is 36.1 Å². The molecule has 3 aromatic carbocycles. The van der Waals surface area contributed by atoms with E-state index in [4.69, 9.17) is 9.26 Å². The first kappa shape index (κ1) is 31.6. The van der Waals surface area contributed by atoms with Gasteiger partial charge in [0.1, 0.15) is 22.8 Å². The molecule has 0 saturated heterocycles. The lowest BCUT2D eigenvalue weighted by molar-refractivity contribution is -0.154. The molecular weight excluding hydrogens is 635 g/mol. The van der Waals surface area contributed by atoms with E-state index in [0.29, 0.717) is 17.5 Å².